The summed E-state index contributed by atoms with van der Waals surface area (Å²) < 4.78 is 27.1. The first-order valence-electron chi connectivity index (χ1n) is 8.75. The standard InChI is InChI=1S/C19H26FN3O2/c1-13(17-7-6-16(24-3)9-18(17)20)21-10-14-5-4-8-25-19(14)15-11-22-23(2)12-15/h6-7,9,11-14,19,21H,4-5,8,10H2,1-3H3/t13?,14-,19+/m0/s1. The fraction of sp³-hybridized carbons (Fsp3) is 0.526. The monoisotopic (exact) mass is 347 g/mol. The van der Waals surface area contributed by atoms with Crippen LogP contribution in [0.1, 0.15) is 43.0 Å². The second kappa shape index (κ2) is 7.97. The number of aryl methyl sites for hydroxylation is 1. The Morgan fingerprint density at radius 3 is 3.00 bits per heavy atom. The normalized spacial score (nSPS) is 21.9. The van der Waals surface area contributed by atoms with Crippen molar-refractivity contribution in [2.45, 2.75) is 31.9 Å². The molecule has 6 heteroatoms. The molecule has 5 nitrogen and oxygen atoms in total. The molecule has 0 bridgehead atoms. The Bertz CT molecular complexity index is 704. The van der Waals surface area contributed by atoms with Crippen LogP contribution >= 0.6 is 0 Å². The maximum atomic E-state index is 14.2. The molecule has 2 heterocycles. The van der Waals surface area contributed by atoms with Crippen LogP contribution in [0.25, 0.3) is 0 Å². The van der Waals surface area contributed by atoms with Crippen molar-refractivity contribution < 1.29 is 13.9 Å². The molecule has 1 N–H and O–H groups in total. The van der Waals surface area contributed by atoms with E-state index in [0.717, 1.165) is 31.6 Å². The molecular weight excluding hydrogens is 321 g/mol. The number of ether oxygens (including phenoxy) is 2. The highest BCUT2D eigenvalue weighted by atomic mass is 19.1. The lowest BCUT2D eigenvalue weighted by Crippen LogP contribution is -2.33. The van der Waals surface area contributed by atoms with Gasteiger partial charge in [-0.15, -0.1) is 0 Å². The van der Waals surface area contributed by atoms with Crippen LogP contribution in [-0.2, 0) is 11.8 Å². The minimum atomic E-state index is -0.247. The zero-order valence-corrected chi connectivity index (χ0v) is 15.0. The van der Waals surface area contributed by atoms with Crippen LogP contribution in [0.3, 0.4) is 0 Å². The minimum Gasteiger partial charge on any atom is -0.497 e. The van der Waals surface area contributed by atoms with Crippen molar-refractivity contribution in [1.29, 1.82) is 0 Å². The molecule has 2 aromatic rings. The van der Waals surface area contributed by atoms with Crippen molar-refractivity contribution in [3.8, 4) is 5.75 Å². The number of benzene rings is 1. The second-order valence-electron chi connectivity index (χ2n) is 6.66. The predicted molar refractivity (Wildman–Crippen MR) is 94.0 cm³/mol. The molecule has 0 radical (unpaired) electrons. The first-order valence-corrected chi connectivity index (χ1v) is 8.75. The lowest BCUT2D eigenvalue weighted by Gasteiger charge is -2.32. The molecule has 1 aliphatic heterocycles. The fourth-order valence-electron chi connectivity index (χ4n) is 3.43. The van der Waals surface area contributed by atoms with E-state index < -0.39 is 0 Å². The van der Waals surface area contributed by atoms with Gasteiger partial charge < -0.3 is 14.8 Å². The summed E-state index contributed by atoms with van der Waals surface area (Å²) in [6.45, 7) is 3.53. The highest BCUT2D eigenvalue weighted by molar-refractivity contribution is 5.30. The summed E-state index contributed by atoms with van der Waals surface area (Å²) in [5, 5.41) is 7.72. The number of aromatic nitrogens is 2. The number of methoxy groups -OCH3 is 1. The van der Waals surface area contributed by atoms with E-state index in [9.17, 15) is 4.39 Å². The number of hydrogen-bond donors (Lipinski definition) is 1. The zero-order chi connectivity index (χ0) is 17.8. The summed E-state index contributed by atoms with van der Waals surface area (Å²) in [7, 11) is 3.45. The van der Waals surface area contributed by atoms with Crippen LogP contribution in [-0.4, -0.2) is 30.0 Å². The van der Waals surface area contributed by atoms with Gasteiger partial charge >= 0.3 is 0 Å². The Kier molecular flexibility index (Phi) is 5.71. The van der Waals surface area contributed by atoms with Gasteiger partial charge in [0.05, 0.1) is 19.4 Å². The number of nitrogens with zero attached hydrogens (tertiary/aromatic N) is 2. The van der Waals surface area contributed by atoms with Crippen molar-refractivity contribution in [1.82, 2.24) is 15.1 Å². The van der Waals surface area contributed by atoms with E-state index in [1.54, 1.807) is 16.8 Å². The Labute approximate surface area is 148 Å². The number of nitrogens with one attached hydrogen (secondary N) is 1. The van der Waals surface area contributed by atoms with Gasteiger partial charge in [0.25, 0.3) is 0 Å². The number of hydrogen-bond acceptors (Lipinski definition) is 4. The average molecular weight is 347 g/mol. The maximum Gasteiger partial charge on any atom is 0.131 e. The highest BCUT2D eigenvalue weighted by Gasteiger charge is 2.28. The Balaban J connectivity index is 1.64. The van der Waals surface area contributed by atoms with E-state index in [1.807, 2.05) is 26.4 Å². The Morgan fingerprint density at radius 2 is 2.32 bits per heavy atom. The van der Waals surface area contributed by atoms with Crippen LogP contribution in [0.15, 0.2) is 30.6 Å². The molecule has 3 atom stereocenters. The quantitative estimate of drug-likeness (QED) is 0.870. The lowest BCUT2D eigenvalue weighted by molar-refractivity contribution is -0.0284. The van der Waals surface area contributed by atoms with Gasteiger partial charge in [0.2, 0.25) is 0 Å². The van der Waals surface area contributed by atoms with Crippen LogP contribution in [0.2, 0.25) is 0 Å². The largest absolute Gasteiger partial charge is 0.497 e. The molecule has 25 heavy (non-hydrogen) atoms. The summed E-state index contributed by atoms with van der Waals surface area (Å²) in [6, 6.07) is 4.92. The van der Waals surface area contributed by atoms with Gasteiger partial charge in [-0.3, -0.25) is 4.68 Å². The molecule has 1 aliphatic rings. The van der Waals surface area contributed by atoms with Crippen molar-refractivity contribution in [2.24, 2.45) is 13.0 Å². The van der Waals surface area contributed by atoms with Crippen molar-refractivity contribution in [3.63, 3.8) is 0 Å². The van der Waals surface area contributed by atoms with Crippen LogP contribution in [0.5, 0.6) is 5.75 Å². The van der Waals surface area contributed by atoms with Crippen LogP contribution in [0.4, 0.5) is 4.39 Å². The van der Waals surface area contributed by atoms with Gasteiger partial charge in [0.1, 0.15) is 11.6 Å². The van der Waals surface area contributed by atoms with Crippen LogP contribution < -0.4 is 10.1 Å². The number of rotatable bonds is 6. The topological polar surface area (TPSA) is 48.3 Å². The average Bonchev–Trinajstić information content (AvgIpc) is 3.06. The highest BCUT2D eigenvalue weighted by Crippen LogP contribution is 2.33. The molecule has 0 spiro atoms. The smallest absolute Gasteiger partial charge is 0.131 e. The van der Waals surface area contributed by atoms with Gasteiger partial charge in [0, 0.05) is 55.5 Å². The predicted octanol–water partition coefficient (Wildman–Crippen LogP) is 3.39. The summed E-state index contributed by atoms with van der Waals surface area (Å²) in [4.78, 5) is 0. The summed E-state index contributed by atoms with van der Waals surface area (Å²) >= 11 is 0. The van der Waals surface area contributed by atoms with Crippen LogP contribution in [0, 0.1) is 11.7 Å². The van der Waals surface area contributed by atoms with Crippen molar-refractivity contribution in [2.75, 3.05) is 20.3 Å². The van der Waals surface area contributed by atoms with Gasteiger partial charge in [-0.1, -0.05) is 6.07 Å². The van der Waals surface area contributed by atoms with Crippen molar-refractivity contribution >= 4 is 0 Å². The molecule has 1 aromatic heterocycles. The van der Waals surface area contributed by atoms with E-state index in [4.69, 9.17) is 9.47 Å². The lowest BCUT2D eigenvalue weighted by atomic mass is 9.90. The molecule has 136 valence electrons. The third-order valence-electron chi connectivity index (χ3n) is 4.86. The molecule has 1 aromatic carbocycles. The van der Waals surface area contributed by atoms with Crippen molar-refractivity contribution in [3.05, 3.63) is 47.5 Å². The zero-order valence-electron chi connectivity index (χ0n) is 15.0. The molecule has 0 saturated carbocycles. The van der Waals surface area contributed by atoms with E-state index in [1.165, 1.54) is 13.2 Å². The molecule has 1 fully saturated rings. The van der Waals surface area contributed by atoms with Gasteiger partial charge in [0.15, 0.2) is 0 Å². The SMILES string of the molecule is COc1ccc(C(C)NC[C@@H]2CCCO[C@H]2c2cnn(C)c2)c(F)c1. The van der Waals surface area contributed by atoms with Gasteiger partial charge in [-0.25, -0.2) is 4.39 Å². The third-order valence-corrected chi connectivity index (χ3v) is 4.86. The Hall–Kier alpha value is -1.92. The first-order chi connectivity index (χ1) is 12.1. The first kappa shape index (κ1) is 17.9. The van der Waals surface area contributed by atoms with E-state index in [-0.39, 0.29) is 18.0 Å². The van der Waals surface area contributed by atoms with E-state index >= 15 is 0 Å². The fourth-order valence-corrected chi connectivity index (χ4v) is 3.43. The Morgan fingerprint density at radius 1 is 1.48 bits per heavy atom. The van der Waals surface area contributed by atoms with E-state index in [2.05, 4.69) is 10.4 Å². The summed E-state index contributed by atoms with van der Waals surface area (Å²) in [5.41, 5.74) is 1.76. The molecule has 1 saturated heterocycles. The van der Waals surface area contributed by atoms with Gasteiger partial charge in [-0.05, 0) is 25.8 Å². The molecular formula is C19H26FN3O2. The summed E-state index contributed by atoms with van der Waals surface area (Å²) in [6.07, 6.45) is 6.06. The maximum absolute atomic E-state index is 14.2. The summed E-state index contributed by atoms with van der Waals surface area (Å²) in [5.74, 6) is 0.635. The van der Waals surface area contributed by atoms with Gasteiger partial charge in [-0.2, -0.15) is 5.10 Å². The van der Waals surface area contributed by atoms with E-state index in [0.29, 0.717) is 17.2 Å². The third kappa shape index (κ3) is 4.19. The second-order valence-corrected chi connectivity index (χ2v) is 6.66. The molecule has 3 rings (SSSR count). The minimum absolute atomic E-state index is 0.0443. The number of halogens is 1. The molecule has 1 unspecified atom stereocenters. The molecule has 0 amide bonds. The molecule has 0 aliphatic carbocycles.